The average Bonchev–Trinajstić information content (AvgIpc) is 2.82. The molecule has 8 nitrogen and oxygen atoms in total. The van der Waals surface area contributed by atoms with Crippen molar-refractivity contribution in [3.63, 3.8) is 0 Å². The summed E-state index contributed by atoms with van der Waals surface area (Å²) in [5, 5.41) is 3.17. The van der Waals surface area contributed by atoms with Crippen LogP contribution in [0.3, 0.4) is 0 Å². The average molecular weight is 309 g/mol. The largest absolute Gasteiger partial charge is 0.464 e. The lowest BCUT2D eigenvalue weighted by atomic mass is 10.2. The molecule has 2 rings (SSSR count). The maximum Gasteiger partial charge on any atom is 0.302 e. The van der Waals surface area contributed by atoms with Gasteiger partial charge in [-0.15, -0.1) is 0 Å². The maximum absolute atomic E-state index is 12.2. The van der Waals surface area contributed by atoms with E-state index in [1.807, 2.05) is 0 Å². The van der Waals surface area contributed by atoms with Crippen molar-refractivity contribution < 1.29 is 23.9 Å². The van der Waals surface area contributed by atoms with Gasteiger partial charge in [-0.05, 0) is 0 Å². The van der Waals surface area contributed by atoms with Gasteiger partial charge in [-0.1, -0.05) is 0 Å². The number of hydrogen-bond acceptors (Lipinski definition) is 6. The quantitative estimate of drug-likeness (QED) is 0.499. The van der Waals surface area contributed by atoms with Crippen molar-refractivity contribution in [3.8, 4) is 0 Å². The molecule has 0 radical (unpaired) electrons. The van der Waals surface area contributed by atoms with E-state index in [0.717, 1.165) is 4.90 Å². The first kappa shape index (κ1) is 16.2. The number of ether oxygens (including phenoxy) is 1. The van der Waals surface area contributed by atoms with Crippen molar-refractivity contribution >= 4 is 23.7 Å². The van der Waals surface area contributed by atoms with Crippen LogP contribution < -0.4 is 5.32 Å². The van der Waals surface area contributed by atoms with E-state index in [2.05, 4.69) is 5.32 Å². The third-order valence-electron chi connectivity index (χ3n) is 3.55. The van der Waals surface area contributed by atoms with Crippen molar-refractivity contribution in [3.05, 3.63) is 12.2 Å². The molecule has 2 heterocycles. The summed E-state index contributed by atoms with van der Waals surface area (Å²) < 4.78 is 4.93. The van der Waals surface area contributed by atoms with E-state index in [9.17, 15) is 19.2 Å². The molecule has 0 saturated carbocycles. The van der Waals surface area contributed by atoms with Gasteiger partial charge in [0.2, 0.25) is 5.91 Å². The lowest BCUT2D eigenvalue weighted by Crippen LogP contribution is -2.54. The van der Waals surface area contributed by atoms with Gasteiger partial charge in [-0.2, -0.15) is 0 Å². The highest BCUT2D eigenvalue weighted by molar-refractivity contribution is 6.13. The highest BCUT2D eigenvalue weighted by Crippen LogP contribution is 2.07. The molecule has 1 fully saturated rings. The highest BCUT2D eigenvalue weighted by Gasteiger charge is 2.27. The van der Waals surface area contributed by atoms with Crippen LogP contribution in [0.25, 0.3) is 0 Å². The standard InChI is InChI=1S/C14H19N3O5/c1-10(18)22-9-11-8-16(7-5-15-11)12(19)4-6-17-13(20)2-3-14(17)21/h2-3,11,15H,4-9H2,1H3. The molecule has 120 valence electrons. The van der Waals surface area contributed by atoms with Gasteiger partial charge in [0.05, 0.1) is 6.04 Å². The fourth-order valence-corrected chi connectivity index (χ4v) is 2.40. The van der Waals surface area contributed by atoms with E-state index in [1.165, 1.54) is 19.1 Å². The molecule has 1 saturated heterocycles. The van der Waals surface area contributed by atoms with Crippen LogP contribution in [0.4, 0.5) is 0 Å². The van der Waals surface area contributed by atoms with Crippen molar-refractivity contribution in [1.29, 1.82) is 0 Å². The molecule has 0 aromatic rings. The van der Waals surface area contributed by atoms with Crippen LogP contribution in [-0.4, -0.2) is 72.3 Å². The summed E-state index contributed by atoms with van der Waals surface area (Å²) in [5.41, 5.74) is 0. The molecular formula is C14H19N3O5. The van der Waals surface area contributed by atoms with Crippen molar-refractivity contribution in [1.82, 2.24) is 15.1 Å². The minimum absolute atomic E-state index is 0.0854. The fourth-order valence-electron chi connectivity index (χ4n) is 2.40. The Morgan fingerprint density at radius 1 is 1.32 bits per heavy atom. The van der Waals surface area contributed by atoms with Crippen LogP contribution in [-0.2, 0) is 23.9 Å². The van der Waals surface area contributed by atoms with E-state index >= 15 is 0 Å². The van der Waals surface area contributed by atoms with E-state index in [4.69, 9.17) is 4.74 Å². The van der Waals surface area contributed by atoms with E-state index < -0.39 is 0 Å². The maximum atomic E-state index is 12.2. The third-order valence-corrected chi connectivity index (χ3v) is 3.55. The summed E-state index contributed by atoms with van der Waals surface area (Å²) in [6.07, 6.45) is 2.50. The number of imide groups is 1. The molecule has 1 unspecified atom stereocenters. The number of rotatable bonds is 5. The van der Waals surface area contributed by atoms with Crippen molar-refractivity contribution in [2.24, 2.45) is 0 Å². The van der Waals surface area contributed by atoms with E-state index in [1.54, 1.807) is 4.90 Å². The van der Waals surface area contributed by atoms with Crippen molar-refractivity contribution in [2.45, 2.75) is 19.4 Å². The van der Waals surface area contributed by atoms with Gasteiger partial charge in [0.1, 0.15) is 6.61 Å². The second-order valence-corrected chi connectivity index (χ2v) is 5.20. The Morgan fingerprint density at radius 3 is 2.64 bits per heavy atom. The first-order chi connectivity index (χ1) is 10.5. The predicted octanol–water partition coefficient (Wildman–Crippen LogP) is -1.33. The Bertz CT molecular complexity index is 499. The summed E-state index contributed by atoms with van der Waals surface area (Å²) in [4.78, 5) is 48.5. The van der Waals surface area contributed by atoms with Gasteiger partial charge in [0, 0.05) is 51.7 Å². The van der Waals surface area contributed by atoms with Gasteiger partial charge in [-0.25, -0.2) is 0 Å². The topological polar surface area (TPSA) is 96.0 Å². The first-order valence-corrected chi connectivity index (χ1v) is 7.15. The zero-order chi connectivity index (χ0) is 16.1. The fraction of sp³-hybridized carbons (Fsp3) is 0.571. The second kappa shape index (κ2) is 7.17. The summed E-state index contributed by atoms with van der Waals surface area (Å²) in [5.74, 6) is -1.25. The Hall–Kier alpha value is -2.22. The minimum atomic E-state index is -0.383. The van der Waals surface area contributed by atoms with Gasteiger partial charge in [0.25, 0.3) is 11.8 Å². The molecule has 22 heavy (non-hydrogen) atoms. The van der Waals surface area contributed by atoms with Gasteiger partial charge < -0.3 is 15.0 Å². The van der Waals surface area contributed by atoms with E-state index in [-0.39, 0.29) is 49.3 Å². The molecule has 0 bridgehead atoms. The predicted molar refractivity (Wildman–Crippen MR) is 75.5 cm³/mol. The molecule has 0 spiro atoms. The van der Waals surface area contributed by atoms with Crippen LogP contribution in [0.5, 0.6) is 0 Å². The van der Waals surface area contributed by atoms with Crippen LogP contribution in [0.1, 0.15) is 13.3 Å². The number of esters is 1. The number of carbonyl (C=O) groups excluding carboxylic acids is 4. The Kier molecular flexibility index (Phi) is 5.26. The van der Waals surface area contributed by atoms with Crippen LogP contribution in [0.2, 0.25) is 0 Å². The lowest BCUT2D eigenvalue weighted by molar-refractivity contribution is -0.142. The molecule has 2 aliphatic heterocycles. The number of carbonyl (C=O) groups is 4. The minimum Gasteiger partial charge on any atom is -0.464 e. The molecule has 1 atom stereocenters. The zero-order valence-corrected chi connectivity index (χ0v) is 12.4. The third kappa shape index (κ3) is 4.14. The van der Waals surface area contributed by atoms with Crippen LogP contribution in [0, 0.1) is 0 Å². The smallest absolute Gasteiger partial charge is 0.302 e. The highest BCUT2D eigenvalue weighted by atomic mass is 16.5. The molecule has 8 heteroatoms. The number of nitrogens with one attached hydrogen (secondary N) is 1. The summed E-state index contributed by atoms with van der Waals surface area (Å²) >= 11 is 0. The van der Waals surface area contributed by atoms with Gasteiger partial charge in [-0.3, -0.25) is 24.1 Å². The summed E-state index contributed by atoms with van der Waals surface area (Å²) in [6, 6.07) is -0.0988. The number of hydrogen-bond donors (Lipinski definition) is 1. The van der Waals surface area contributed by atoms with Crippen LogP contribution >= 0.6 is 0 Å². The molecule has 0 aromatic heterocycles. The molecule has 0 aromatic carbocycles. The number of piperazine rings is 1. The zero-order valence-electron chi connectivity index (χ0n) is 12.4. The Balaban J connectivity index is 1.78. The molecule has 2 aliphatic rings. The van der Waals surface area contributed by atoms with Crippen molar-refractivity contribution in [2.75, 3.05) is 32.8 Å². The molecule has 3 amide bonds. The second-order valence-electron chi connectivity index (χ2n) is 5.20. The van der Waals surface area contributed by atoms with E-state index in [0.29, 0.717) is 19.6 Å². The summed E-state index contributed by atoms with van der Waals surface area (Å²) in [6.45, 7) is 3.24. The van der Waals surface area contributed by atoms with Gasteiger partial charge in [0.15, 0.2) is 0 Å². The number of amides is 3. The monoisotopic (exact) mass is 309 g/mol. The molecule has 0 aliphatic carbocycles. The molecule has 1 N–H and O–H groups in total. The molecular weight excluding hydrogens is 290 g/mol. The lowest BCUT2D eigenvalue weighted by Gasteiger charge is -2.33. The first-order valence-electron chi connectivity index (χ1n) is 7.15. The summed E-state index contributed by atoms with van der Waals surface area (Å²) in [7, 11) is 0. The Morgan fingerprint density at radius 2 is 2.00 bits per heavy atom. The van der Waals surface area contributed by atoms with Crippen LogP contribution in [0.15, 0.2) is 12.2 Å². The Labute approximate surface area is 128 Å². The SMILES string of the molecule is CC(=O)OCC1CN(C(=O)CCN2C(=O)C=CC2=O)CCN1. The normalized spacial score (nSPS) is 21.4. The van der Waals surface area contributed by atoms with Gasteiger partial charge >= 0.3 is 5.97 Å². The number of nitrogens with zero attached hydrogens (tertiary/aromatic N) is 2.